The van der Waals surface area contributed by atoms with Crippen LogP contribution in [-0.4, -0.2) is 23.7 Å². The Kier molecular flexibility index (Phi) is 4.22. The maximum absolute atomic E-state index is 13.6. The molecule has 2 rings (SSSR count). The highest BCUT2D eigenvalue weighted by Gasteiger charge is 2.21. The van der Waals surface area contributed by atoms with Crippen LogP contribution >= 0.6 is 11.6 Å². The zero-order valence-corrected chi connectivity index (χ0v) is 12.8. The second-order valence-corrected chi connectivity index (χ2v) is 6.51. The Morgan fingerprint density at radius 3 is 2.62 bits per heavy atom. The number of anilines is 1. The summed E-state index contributed by atoms with van der Waals surface area (Å²) < 4.78 is 40.6. The van der Waals surface area contributed by atoms with Crippen LogP contribution in [0.2, 0.25) is 5.02 Å². The standard InChI is InChI=1S/C12H13ClFN3O3S/c1-6-12(7(2)16-15-6)17-21(19,20)9-3-8(5-18)11(13)10(14)4-9/h3-4,17-18H,5H2,1-2H3,(H,15,16). The topological polar surface area (TPSA) is 95.1 Å². The fourth-order valence-electron chi connectivity index (χ4n) is 1.78. The van der Waals surface area contributed by atoms with Crippen LogP contribution in [0.5, 0.6) is 0 Å². The number of sulfonamides is 1. The van der Waals surface area contributed by atoms with Gasteiger partial charge in [-0.3, -0.25) is 9.82 Å². The molecule has 1 aromatic carbocycles. The van der Waals surface area contributed by atoms with E-state index in [0.29, 0.717) is 17.1 Å². The Hall–Kier alpha value is -1.64. The van der Waals surface area contributed by atoms with E-state index in [1.54, 1.807) is 13.8 Å². The van der Waals surface area contributed by atoms with Crippen molar-refractivity contribution >= 4 is 27.3 Å². The van der Waals surface area contributed by atoms with Gasteiger partial charge < -0.3 is 5.11 Å². The molecule has 0 bridgehead atoms. The van der Waals surface area contributed by atoms with Crippen LogP contribution < -0.4 is 4.72 Å². The molecule has 0 aliphatic heterocycles. The average molecular weight is 334 g/mol. The normalized spacial score (nSPS) is 11.7. The lowest BCUT2D eigenvalue weighted by atomic mass is 10.2. The molecule has 0 amide bonds. The van der Waals surface area contributed by atoms with E-state index >= 15 is 0 Å². The fourth-order valence-corrected chi connectivity index (χ4v) is 3.20. The Labute approximate surface area is 126 Å². The number of nitrogens with zero attached hydrogens (tertiary/aromatic N) is 1. The van der Waals surface area contributed by atoms with Crippen LogP contribution in [0.25, 0.3) is 0 Å². The lowest BCUT2D eigenvalue weighted by Gasteiger charge is -2.10. The van der Waals surface area contributed by atoms with Crippen molar-refractivity contribution in [3.63, 3.8) is 0 Å². The lowest BCUT2D eigenvalue weighted by Crippen LogP contribution is -2.15. The van der Waals surface area contributed by atoms with Crippen LogP contribution in [0, 0.1) is 19.7 Å². The van der Waals surface area contributed by atoms with Gasteiger partial charge in [-0.05, 0) is 26.0 Å². The Balaban J connectivity index is 2.48. The quantitative estimate of drug-likeness (QED) is 0.798. The molecule has 114 valence electrons. The number of rotatable bonds is 4. The van der Waals surface area contributed by atoms with E-state index in [4.69, 9.17) is 16.7 Å². The first kappa shape index (κ1) is 15.7. The van der Waals surface area contributed by atoms with E-state index in [2.05, 4.69) is 14.9 Å². The number of aryl methyl sites for hydroxylation is 2. The summed E-state index contributed by atoms with van der Waals surface area (Å²) in [6, 6.07) is 1.92. The molecule has 0 saturated heterocycles. The number of hydrogen-bond acceptors (Lipinski definition) is 4. The molecule has 0 saturated carbocycles. The van der Waals surface area contributed by atoms with Gasteiger partial charge in [0.05, 0.1) is 33.6 Å². The minimum Gasteiger partial charge on any atom is -0.392 e. The summed E-state index contributed by atoms with van der Waals surface area (Å²) in [5.74, 6) is -0.913. The third-order valence-electron chi connectivity index (χ3n) is 2.92. The zero-order chi connectivity index (χ0) is 15.8. The molecule has 6 nitrogen and oxygen atoms in total. The molecule has 2 aromatic rings. The second-order valence-electron chi connectivity index (χ2n) is 4.45. The molecule has 3 N–H and O–H groups in total. The number of aromatic nitrogens is 2. The summed E-state index contributed by atoms with van der Waals surface area (Å²) in [7, 11) is -4.02. The van der Waals surface area contributed by atoms with Crippen molar-refractivity contribution in [2.24, 2.45) is 0 Å². The highest BCUT2D eigenvalue weighted by molar-refractivity contribution is 7.92. The maximum atomic E-state index is 13.6. The van der Waals surface area contributed by atoms with Gasteiger partial charge >= 0.3 is 0 Å². The van der Waals surface area contributed by atoms with E-state index < -0.39 is 22.4 Å². The van der Waals surface area contributed by atoms with Gasteiger partial charge in [0.15, 0.2) is 0 Å². The fraction of sp³-hybridized carbons (Fsp3) is 0.250. The molecule has 0 radical (unpaired) electrons. The molecular formula is C12H13ClFN3O3S. The smallest absolute Gasteiger partial charge is 0.262 e. The lowest BCUT2D eigenvalue weighted by molar-refractivity contribution is 0.281. The van der Waals surface area contributed by atoms with Crippen LogP contribution in [0.4, 0.5) is 10.1 Å². The van der Waals surface area contributed by atoms with E-state index in [-0.39, 0.29) is 15.5 Å². The van der Waals surface area contributed by atoms with Gasteiger partial charge in [-0.15, -0.1) is 0 Å². The molecule has 0 spiro atoms. The highest BCUT2D eigenvalue weighted by atomic mass is 35.5. The third-order valence-corrected chi connectivity index (χ3v) is 4.67. The van der Waals surface area contributed by atoms with Crippen molar-refractivity contribution in [1.29, 1.82) is 0 Å². The molecule has 9 heteroatoms. The average Bonchev–Trinajstić information content (AvgIpc) is 2.73. The van der Waals surface area contributed by atoms with Gasteiger partial charge in [0, 0.05) is 5.56 Å². The first-order chi connectivity index (χ1) is 9.76. The van der Waals surface area contributed by atoms with Gasteiger partial charge in [0.25, 0.3) is 10.0 Å². The Morgan fingerprint density at radius 1 is 1.43 bits per heavy atom. The Bertz CT molecular complexity index is 770. The highest BCUT2D eigenvalue weighted by Crippen LogP contribution is 2.27. The van der Waals surface area contributed by atoms with Crippen LogP contribution in [0.1, 0.15) is 17.0 Å². The van der Waals surface area contributed by atoms with Crippen molar-refractivity contribution < 1.29 is 17.9 Å². The number of nitrogens with one attached hydrogen (secondary N) is 2. The number of H-pyrrole nitrogens is 1. The van der Waals surface area contributed by atoms with Crippen molar-refractivity contribution in [3.8, 4) is 0 Å². The van der Waals surface area contributed by atoms with E-state index in [9.17, 15) is 12.8 Å². The molecule has 0 atom stereocenters. The van der Waals surface area contributed by atoms with Crippen molar-refractivity contribution in [2.75, 3.05) is 4.72 Å². The van der Waals surface area contributed by atoms with Gasteiger partial charge in [0.1, 0.15) is 5.82 Å². The summed E-state index contributed by atoms with van der Waals surface area (Å²) in [5, 5.41) is 15.3. The number of hydrogen-bond donors (Lipinski definition) is 3. The summed E-state index contributed by atoms with van der Waals surface area (Å²) in [5.41, 5.74) is 1.30. The molecule has 21 heavy (non-hydrogen) atoms. The molecule has 0 fully saturated rings. The summed E-state index contributed by atoms with van der Waals surface area (Å²) in [6.45, 7) is 2.71. The predicted molar refractivity (Wildman–Crippen MR) is 76.2 cm³/mol. The van der Waals surface area contributed by atoms with Gasteiger partial charge in [-0.1, -0.05) is 11.6 Å². The molecular weight excluding hydrogens is 321 g/mol. The number of aliphatic hydroxyl groups is 1. The maximum Gasteiger partial charge on any atom is 0.262 e. The van der Waals surface area contributed by atoms with Gasteiger partial charge in [-0.25, -0.2) is 12.8 Å². The van der Waals surface area contributed by atoms with E-state index in [1.165, 1.54) is 0 Å². The van der Waals surface area contributed by atoms with Crippen molar-refractivity contribution in [1.82, 2.24) is 10.2 Å². The number of aromatic amines is 1. The second kappa shape index (κ2) is 5.63. The molecule has 0 unspecified atom stereocenters. The molecule has 0 aliphatic carbocycles. The first-order valence-corrected chi connectivity index (χ1v) is 7.75. The molecule has 1 aromatic heterocycles. The van der Waals surface area contributed by atoms with E-state index in [1.807, 2.05) is 0 Å². The predicted octanol–water partition coefficient (Wildman–Crippen LogP) is 2.11. The minimum absolute atomic E-state index is 0.00215. The summed E-state index contributed by atoms with van der Waals surface area (Å²) in [4.78, 5) is -0.326. The van der Waals surface area contributed by atoms with Crippen LogP contribution in [0.3, 0.4) is 0 Å². The number of aliphatic hydroxyl groups excluding tert-OH is 1. The van der Waals surface area contributed by atoms with Gasteiger partial charge in [0.2, 0.25) is 0 Å². The SMILES string of the molecule is Cc1n[nH]c(C)c1NS(=O)(=O)c1cc(F)c(Cl)c(CO)c1. The minimum atomic E-state index is -4.02. The Morgan fingerprint density at radius 2 is 2.10 bits per heavy atom. The first-order valence-electron chi connectivity index (χ1n) is 5.89. The molecule has 0 aliphatic rings. The monoisotopic (exact) mass is 333 g/mol. The van der Waals surface area contributed by atoms with Crippen molar-refractivity contribution in [2.45, 2.75) is 25.3 Å². The number of halogens is 2. The molecule has 1 heterocycles. The largest absolute Gasteiger partial charge is 0.392 e. The summed E-state index contributed by atoms with van der Waals surface area (Å²) in [6.07, 6.45) is 0. The van der Waals surface area contributed by atoms with Crippen molar-refractivity contribution in [3.05, 3.63) is 39.9 Å². The van der Waals surface area contributed by atoms with E-state index in [0.717, 1.165) is 12.1 Å². The van der Waals surface area contributed by atoms with Gasteiger partial charge in [-0.2, -0.15) is 5.10 Å². The number of benzene rings is 1. The third kappa shape index (κ3) is 3.02. The zero-order valence-electron chi connectivity index (χ0n) is 11.2. The summed E-state index contributed by atoms with van der Waals surface area (Å²) >= 11 is 5.64. The van der Waals surface area contributed by atoms with Crippen LogP contribution in [-0.2, 0) is 16.6 Å². The van der Waals surface area contributed by atoms with Crippen LogP contribution in [0.15, 0.2) is 17.0 Å².